The molecule has 3 aromatic carbocycles. The molecule has 34 heavy (non-hydrogen) atoms. The average Bonchev–Trinajstić information content (AvgIpc) is 3.20. The predicted octanol–water partition coefficient (Wildman–Crippen LogP) is 7.28. The Labute approximate surface area is 204 Å². The normalized spacial score (nSPS) is 11.4. The fraction of sp³-hybridized carbons (Fsp3) is 0.241. The summed E-state index contributed by atoms with van der Waals surface area (Å²) in [7, 11) is 1.60. The van der Waals surface area contributed by atoms with Gasteiger partial charge in [-0.1, -0.05) is 18.2 Å². The van der Waals surface area contributed by atoms with Crippen LogP contribution in [0.5, 0.6) is 11.5 Å². The third kappa shape index (κ3) is 5.05. The molecule has 4 aromatic rings. The number of carbonyl (C=O) groups excluding carboxylic acids is 1. The van der Waals surface area contributed by atoms with Gasteiger partial charge in [0.25, 0.3) is 0 Å². The first-order chi connectivity index (χ1) is 16.2. The molecule has 0 atom stereocenters. The molecule has 0 N–H and O–H groups in total. The van der Waals surface area contributed by atoms with E-state index in [1.165, 1.54) is 21.4 Å². The van der Waals surface area contributed by atoms with Gasteiger partial charge in [-0.2, -0.15) is 0 Å². The van der Waals surface area contributed by atoms with Crippen LogP contribution < -0.4 is 9.47 Å². The predicted molar refractivity (Wildman–Crippen MR) is 141 cm³/mol. The molecule has 0 saturated heterocycles. The molecule has 4 nitrogen and oxygen atoms in total. The molecule has 1 aromatic heterocycles. The summed E-state index contributed by atoms with van der Waals surface area (Å²) in [4.78, 5) is 17.5. The molecule has 174 valence electrons. The highest BCUT2D eigenvalue weighted by molar-refractivity contribution is 7.19. The van der Waals surface area contributed by atoms with Gasteiger partial charge in [0.05, 0.1) is 17.3 Å². The Kier molecular flexibility index (Phi) is 6.85. The number of aryl methyl sites for hydroxylation is 5. The van der Waals surface area contributed by atoms with Crippen LogP contribution in [0, 0.1) is 34.6 Å². The number of carbonyl (C=O) groups is 1. The number of ketones is 1. The summed E-state index contributed by atoms with van der Waals surface area (Å²) in [5, 5.41) is 0.952. The molecule has 5 heteroatoms. The van der Waals surface area contributed by atoms with Gasteiger partial charge in [0.15, 0.2) is 23.9 Å². The van der Waals surface area contributed by atoms with E-state index in [1.807, 2.05) is 63.3 Å². The molecule has 0 aliphatic rings. The van der Waals surface area contributed by atoms with Crippen molar-refractivity contribution < 1.29 is 14.3 Å². The Morgan fingerprint density at radius 2 is 1.56 bits per heavy atom. The minimum Gasteiger partial charge on any atom is -0.493 e. The number of nitrogens with zero attached hydrogens (tertiary/aromatic N) is 1. The van der Waals surface area contributed by atoms with Crippen LogP contribution in [-0.2, 0) is 0 Å². The molecular formula is C29H29NO3S. The van der Waals surface area contributed by atoms with Gasteiger partial charge in [0.2, 0.25) is 0 Å². The van der Waals surface area contributed by atoms with E-state index in [1.54, 1.807) is 18.4 Å². The zero-order valence-electron chi connectivity index (χ0n) is 20.5. The number of hydrogen-bond donors (Lipinski definition) is 0. The summed E-state index contributed by atoms with van der Waals surface area (Å²) >= 11 is 1.67. The van der Waals surface area contributed by atoms with Crippen molar-refractivity contribution in [3.63, 3.8) is 0 Å². The van der Waals surface area contributed by atoms with Crippen molar-refractivity contribution in [2.75, 3.05) is 13.7 Å². The fourth-order valence-electron chi connectivity index (χ4n) is 3.83. The number of aromatic nitrogens is 1. The molecule has 1 heterocycles. The van der Waals surface area contributed by atoms with Gasteiger partial charge in [-0.25, -0.2) is 4.98 Å². The van der Waals surface area contributed by atoms with E-state index in [4.69, 9.17) is 14.5 Å². The molecule has 0 aliphatic carbocycles. The smallest absolute Gasteiger partial charge is 0.200 e. The summed E-state index contributed by atoms with van der Waals surface area (Å²) in [6.07, 6.45) is 4.02. The first-order valence-corrected chi connectivity index (χ1v) is 12.0. The van der Waals surface area contributed by atoms with E-state index >= 15 is 0 Å². The molecule has 0 amide bonds. The summed E-state index contributed by atoms with van der Waals surface area (Å²) in [6.45, 7) is 10.2. The topological polar surface area (TPSA) is 48.4 Å². The lowest BCUT2D eigenvalue weighted by molar-refractivity contribution is 0.0919. The minimum absolute atomic E-state index is 0.0422. The molecule has 0 saturated carbocycles. The van der Waals surface area contributed by atoms with E-state index in [9.17, 15) is 4.79 Å². The van der Waals surface area contributed by atoms with Gasteiger partial charge >= 0.3 is 0 Å². The second kappa shape index (κ2) is 9.82. The van der Waals surface area contributed by atoms with Crippen molar-refractivity contribution in [2.24, 2.45) is 0 Å². The highest BCUT2D eigenvalue weighted by atomic mass is 32.1. The summed E-state index contributed by atoms with van der Waals surface area (Å²) < 4.78 is 12.6. The number of methoxy groups -OCH3 is 1. The van der Waals surface area contributed by atoms with Crippen LogP contribution in [0.2, 0.25) is 0 Å². The second-order valence-electron chi connectivity index (χ2n) is 8.66. The van der Waals surface area contributed by atoms with E-state index < -0.39 is 0 Å². The quantitative estimate of drug-likeness (QED) is 0.266. The number of thiazole rings is 1. The summed E-state index contributed by atoms with van der Waals surface area (Å²) in [5.74, 6) is 1.08. The molecule has 0 radical (unpaired) electrons. The van der Waals surface area contributed by atoms with Gasteiger partial charge in [0.1, 0.15) is 5.01 Å². The van der Waals surface area contributed by atoms with Crippen LogP contribution in [0.3, 0.4) is 0 Å². The van der Waals surface area contributed by atoms with Crippen molar-refractivity contribution in [1.82, 2.24) is 4.98 Å². The molecule has 0 aliphatic heterocycles. The lowest BCUT2D eigenvalue weighted by atomic mass is 9.98. The van der Waals surface area contributed by atoms with Gasteiger partial charge in [-0.3, -0.25) is 4.79 Å². The van der Waals surface area contributed by atoms with Gasteiger partial charge < -0.3 is 9.47 Å². The van der Waals surface area contributed by atoms with Crippen molar-refractivity contribution >= 4 is 39.5 Å². The Hall–Kier alpha value is -3.44. The number of benzene rings is 3. The molecule has 4 rings (SSSR count). The Balaban J connectivity index is 1.48. The van der Waals surface area contributed by atoms with E-state index in [0.29, 0.717) is 17.1 Å². The SMILES string of the molecule is COc1cc(C=Cc2nc3cc(C)c(C)cc3s2)ccc1OCC(=O)c1cc(C)c(C)cc1C. The number of Topliss-reactive ketones (excluding diaryl/α,β-unsaturated/α-hetero) is 1. The Morgan fingerprint density at radius 1 is 0.853 bits per heavy atom. The van der Waals surface area contributed by atoms with E-state index in [2.05, 4.69) is 26.0 Å². The van der Waals surface area contributed by atoms with Crippen LogP contribution in [0.1, 0.15) is 48.7 Å². The first kappa shape index (κ1) is 23.7. The minimum atomic E-state index is -0.0482. The number of rotatable bonds is 7. The molecule has 0 fully saturated rings. The maximum atomic E-state index is 12.8. The van der Waals surface area contributed by atoms with Crippen LogP contribution in [0.4, 0.5) is 0 Å². The average molecular weight is 472 g/mol. The van der Waals surface area contributed by atoms with Gasteiger partial charge in [0, 0.05) is 5.56 Å². The van der Waals surface area contributed by atoms with Crippen molar-refractivity contribution in [1.29, 1.82) is 0 Å². The highest BCUT2D eigenvalue weighted by Crippen LogP contribution is 2.30. The Bertz CT molecular complexity index is 1380. The van der Waals surface area contributed by atoms with Gasteiger partial charge in [-0.15, -0.1) is 11.3 Å². The number of fused-ring (bicyclic) bond motifs is 1. The van der Waals surface area contributed by atoms with Crippen molar-refractivity contribution in [3.8, 4) is 11.5 Å². The van der Waals surface area contributed by atoms with Crippen LogP contribution in [0.25, 0.3) is 22.4 Å². The molecule has 0 spiro atoms. The number of hydrogen-bond acceptors (Lipinski definition) is 5. The third-order valence-electron chi connectivity index (χ3n) is 6.13. The lowest BCUT2D eigenvalue weighted by Crippen LogP contribution is -2.14. The van der Waals surface area contributed by atoms with Gasteiger partial charge in [-0.05, 0) is 104 Å². The van der Waals surface area contributed by atoms with Crippen LogP contribution in [-0.4, -0.2) is 24.5 Å². The first-order valence-electron chi connectivity index (χ1n) is 11.2. The zero-order chi connectivity index (χ0) is 24.4. The summed E-state index contributed by atoms with van der Waals surface area (Å²) in [6, 6.07) is 14.0. The molecule has 0 unspecified atom stereocenters. The lowest BCUT2D eigenvalue weighted by Gasteiger charge is -2.12. The highest BCUT2D eigenvalue weighted by Gasteiger charge is 2.13. The maximum Gasteiger partial charge on any atom is 0.200 e. The van der Waals surface area contributed by atoms with Crippen molar-refractivity contribution in [3.05, 3.63) is 86.4 Å². The largest absolute Gasteiger partial charge is 0.493 e. The fourth-order valence-corrected chi connectivity index (χ4v) is 4.78. The summed E-state index contributed by atoms with van der Waals surface area (Å²) in [5.41, 5.74) is 8.45. The molecular weight excluding hydrogens is 442 g/mol. The third-order valence-corrected chi connectivity index (χ3v) is 7.11. The zero-order valence-corrected chi connectivity index (χ0v) is 21.3. The van der Waals surface area contributed by atoms with E-state index in [-0.39, 0.29) is 12.4 Å². The second-order valence-corrected chi connectivity index (χ2v) is 9.73. The standard InChI is InChI=1S/C29H29NO3S/c1-17-11-21(5)23(12-18(17)2)25(31)16-33-26-9-7-22(15-27(26)32-6)8-10-29-30-24-13-19(3)20(4)14-28(24)34-29/h7-15H,16H2,1-6H3. The molecule has 0 bridgehead atoms. The Morgan fingerprint density at radius 3 is 2.32 bits per heavy atom. The monoisotopic (exact) mass is 471 g/mol. The van der Waals surface area contributed by atoms with E-state index in [0.717, 1.165) is 27.2 Å². The van der Waals surface area contributed by atoms with Crippen molar-refractivity contribution in [2.45, 2.75) is 34.6 Å². The number of ether oxygens (including phenoxy) is 2. The maximum absolute atomic E-state index is 12.8. The van der Waals surface area contributed by atoms with Crippen LogP contribution in [0.15, 0.2) is 42.5 Å². The van der Waals surface area contributed by atoms with Crippen LogP contribution >= 0.6 is 11.3 Å².